The van der Waals surface area contributed by atoms with Crippen LogP contribution in [-0.4, -0.2) is 7.11 Å². The first-order valence-electron chi connectivity index (χ1n) is 5.45. The summed E-state index contributed by atoms with van der Waals surface area (Å²) in [5.74, 6) is 1.59. The van der Waals surface area contributed by atoms with Crippen molar-refractivity contribution in [3.63, 3.8) is 0 Å². The lowest BCUT2D eigenvalue weighted by atomic mass is 10.2. The first-order valence-corrected chi connectivity index (χ1v) is 6.25. The molecule has 0 saturated carbocycles. The van der Waals surface area contributed by atoms with E-state index in [2.05, 4.69) is 22.0 Å². The van der Waals surface area contributed by atoms with Crippen molar-refractivity contribution < 1.29 is 9.47 Å². The molecule has 96 valence electrons. The molecule has 0 atom stereocenters. The van der Waals surface area contributed by atoms with Crippen LogP contribution in [0.5, 0.6) is 17.2 Å². The van der Waals surface area contributed by atoms with E-state index in [1.54, 1.807) is 43.5 Å². The minimum atomic E-state index is 0.424. The molecule has 4 nitrogen and oxygen atoms in total. The Morgan fingerprint density at radius 3 is 2.68 bits per heavy atom. The van der Waals surface area contributed by atoms with Crippen LogP contribution in [0.2, 0.25) is 0 Å². The number of hydrogen-bond acceptors (Lipinski definition) is 4. The molecule has 0 unspecified atom stereocenters. The van der Waals surface area contributed by atoms with Gasteiger partial charge in [0.15, 0.2) is 0 Å². The summed E-state index contributed by atoms with van der Waals surface area (Å²) in [5.41, 5.74) is 6.78. The van der Waals surface area contributed by atoms with Crippen LogP contribution in [0.1, 0.15) is 5.56 Å². The average Bonchev–Trinajstić information content (AvgIpc) is 2.43. The lowest BCUT2D eigenvalue weighted by Gasteiger charge is -2.11. The predicted molar refractivity (Wildman–Crippen MR) is 76.3 cm³/mol. The van der Waals surface area contributed by atoms with E-state index in [9.17, 15) is 0 Å². The van der Waals surface area contributed by atoms with Gasteiger partial charge in [-0.3, -0.25) is 0 Å². The Bertz CT molecular complexity index is 650. The number of nitriles is 1. The Hall–Kier alpha value is -2.19. The maximum Gasteiger partial charge on any atom is 0.148 e. The monoisotopic (exact) mass is 318 g/mol. The molecule has 0 aliphatic carbocycles. The van der Waals surface area contributed by atoms with Gasteiger partial charge < -0.3 is 15.2 Å². The van der Waals surface area contributed by atoms with Crippen molar-refractivity contribution in [2.75, 3.05) is 12.8 Å². The number of nitrogens with zero attached hydrogens (tertiary/aromatic N) is 1. The Labute approximate surface area is 119 Å². The second kappa shape index (κ2) is 5.63. The highest BCUT2D eigenvalue weighted by Gasteiger charge is 2.10. The van der Waals surface area contributed by atoms with Crippen molar-refractivity contribution in [2.45, 2.75) is 0 Å². The maximum atomic E-state index is 9.08. The fourth-order valence-electron chi connectivity index (χ4n) is 1.53. The summed E-state index contributed by atoms with van der Waals surface area (Å²) in [6.07, 6.45) is 0. The summed E-state index contributed by atoms with van der Waals surface area (Å²) in [4.78, 5) is 0. The van der Waals surface area contributed by atoms with Gasteiger partial charge >= 0.3 is 0 Å². The van der Waals surface area contributed by atoms with Crippen LogP contribution in [0.3, 0.4) is 0 Å². The zero-order chi connectivity index (χ0) is 13.8. The molecule has 0 radical (unpaired) electrons. The third kappa shape index (κ3) is 2.80. The van der Waals surface area contributed by atoms with Crippen LogP contribution in [0.15, 0.2) is 40.9 Å². The molecule has 19 heavy (non-hydrogen) atoms. The number of benzene rings is 2. The van der Waals surface area contributed by atoms with Crippen molar-refractivity contribution in [3.05, 3.63) is 46.4 Å². The Balaban J connectivity index is 2.42. The summed E-state index contributed by atoms with van der Waals surface area (Å²) >= 11 is 3.36. The molecule has 0 spiro atoms. The summed E-state index contributed by atoms with van der Waals surface area (Å²) in [6.45, 7) is 0. The smallest absolute Gasteiger partial charge is 0.148 e. The van der Waals surface area contributed by atoms with Gasteiger partial charge in [-0.1, -0.05) is 6.07 Å². The fraction of sp³-hybridized carbons (Fsp3) is 0.0714. The number of anilines is 1. The van der Waals surface area contributed by atoms with E-state index in [0.717, 1.165) is 0 Å². The van der Waals surface area contributed by atoms with Gasteiger partial charge in [0.1, 0.15) is 23.3 Å². The summed E-state index contributed by atoms with van der Waals surface area (Å²) in [6, 6.07) is 12.4. The highest BCUT2D eigenvalue weighted by molar-refractivity contribution is 9.10. The molecule has 2 aromatic carbocycles. The van der Waals surface area contributed by atoms with Crippen LogP contribution in [0.25, 0.3) is 0 Å². The van der Waals surface area contributed by atoms with E-state index in [0.29, 0.717) is 33.0 Å². The topological polar surface area (TPSA) is 68.3 Å². The number of nitrogens with two attached hydrogens (primary N) is 1. The number of nitrogen functional groups attached to an aromatic ring is 1. The van der Waals surface area contributed by atoms with Crippen molar-refractivity contribution in [3.8, 4) is 23.3 Å². The van der Waals surface area contributed by atoms with Crippen LogP contribution >= 0.6 is 15.9 Å². The third-order valence-corrected chi connectivity index (χ3v) is 3.37. The van der Waals surface area contributed by atoms with E-state index < -0.39 is 0 Å². The molecule has 0 bridgehead atoms. The van der Waals surface area contributed by atoms with E-state index in [1.165, 1.54) is 0 Å². The molecule has 0 amide bonds. The van der Waals surface area contributed by atoms with E-state index in [4.69, 9.17) is 20.5 Å². The standard InChI is InChI=1S/C14H11BrN2O2/c1-18-10-6-5-9(8-16)13(7-10)19-12-4-2-3-11(17)14(12)15/h2-7H,17H2,1H3. The summed E-state index contributed by atoms with van der Waals surface area (Å²) in [7, 11) is 1.56. The zero-order valence-corrected chi connectivity index (χ0v) is 11.8. The zero-order valence-electron chi connectivity index (χ0n) is 10.2. The Kier molecular flexibility index (Phi) is 3.93. The van der Waals surface area contributed by atoms with E-state index in [1.807, 2.05) is 0 Å². The van der Waals surface area contributed by atoms with Gasteiger partial charge in [-0.2, -0.15) is 5.26 Å². The molecule has 0 saturated heterocycles. The summed E-state index contributed by atoms with van der Waals surface area (Å²) in [5, 5.41) is 9.08. The van der Waals surface area contributed by atoms with Crippen molar-refractivity contribution in [1.82, 2.24) is 0 Å². The number of halogens is 1. The van der Waals surface area contributed by atoms with Crippen molar-refractivity contribution in [2.24, 2.45) is 0 Å². The number of hydrogen-bond donors (Lipinski definition) is 1. The van der Waals surface area contributed by atoms with Crippen LogP contribution < -0.4 is 15.2 Å². The molecule has 2 rings (SSSR count). The second-order valence-corrected chi connectivity index (χ2v) is 4.53. The lowest BCUT2D eigenvalue weighted by molar-refractivity contribution is 0.408. The van der Waals surface area contributed by atoms with Gasteiger partial charge in [0, 0.05) is 11.8 Å². The van der Waals surface area contributed by atoms with E-state index in [-0.39, 0.29) is 0 Å². The lowest BCUT2D eigenvalue weighted by Crippen LogP contribution is -1.93. The number of ether oxygens (including phenoxy) is 2. The van der Waals surface area contributed by atoms with Crippen LogP contribution in [0.4, 0.5) is 5.69 Å². The van der Waals surface area contributed by atoms with Crippen molar-refractivity contribution in [1.29, 1.82) is 5.26 Å². The van der Waals surface area contributed by atoms with Crippen molar-refractivity contribution >= 4 is 21.6 Å². The number of rotatable bonds is 3. The van der Waals surface area contributed by atoms with Gasteiger partial charge in [-0.05, 0) is 40.2 Å². The molecule has 0 aliphatic heterocycles. The molecular weight excluding hydrogens is 308 g/mol. The maximum absolute atomic E-state index is 9.08. The normalized spacial score (nSPS) is 9.74. The van der Waals surface area contributed by atoms with Crippen LogP contribution in [-0.2, 0) is 0 Å². The SMILES string of the molecule is COc1ccc(C#N)c(Oc2cccc(N)c2Br)c1. The first kappa shape index (κ1) is 13.2. The highest BCUT2D eigenvalue weighted by atomic mass is 79.9. The molecule has 0 aromatic heterocycles. The van der Waals surface area contributed by atoms with Gasteiger partial charge in [0.25, 0.3) is 0 Å². The summed E-state index contributed by atoms with van der Waals surface area (Å²) < 4.78 is 11.5. The molecule has 0 aliphatic rings. The molecule has 0 fully saturated rings. The second-order valence-electron chi connectivity index (χ2n) is 3.74. The number of methoxy groups -OCH3 is 1. The predicted octanol–water partition coefficient (Wildman–Crippen LogP) is 3.70. The molecule has 2 N–H and O–H groups in total. The minimum Gasteiger partial charge on any atom is -0.497 e. The van der Waals surface area contributed by atoms with Crippen LogP contribution in [0, 0.1) is 11.3 Å². The highest BCUT2D eigenvalue weighted by Crippen LogP contribution is 2.36. The molecular formula is C14H11BrN2O2. The largest absolute Gasteiger partial charge is 0.497 e. The molecule has 5 heteroatoms. The van der Waals surface area contributed by atoms with Gasteiger partial charge in [-0.25, -0.2) is 0 Å². The first-order chi connectivity index (χ1) is 9.15. The quantitative estimate of drug-likeness (QED) is 0.876. The Morgan fingerprint density at radius 1 is 1.21 bits per heavy atom. The molecule has 0 heterocycles. The minimum absolute atomic E-state index is 0.424. The van der Waals surface area contributed by atoms with E-state index >= 15 is 0 Å². The fourth-order valence-corrected chi connectivity index (χ4v) is 1.88. The average molecular weight is 319 g/mol. The third-order valence-electron chi connectivity index (χ3n) is 2.52. The van der Waals surface area contributed by atoms with Gasteiger partial charge in [0.2, 0.25) is 0 Å². The Morgan fingerprint density at radius 2 is 2.00 bits per heavy atom. The molecule has 2 aromatic rings. The van der Waals surface area contributed by atoms with Gasteiger partial charge in [0.05, 0.1) is 17.1 Å². The van der Waals surface area contributed by atoms with Gasteiger partial charge in [-0.15, -0.1) is 0 Å².